The number of hydrogen-bond acceptors (Lipinski definition) is 3. The fourth-order valence-corrected chi connectivity index (χ4v) is 3.51. The van der Waals surface area contributed by atoms with Gasteiger partial charge in [-0.1, -0.05) is 0 Å². The molecule has 17 heavy (non-hydrogen) atoms. The molecule has 0 amide bonds. The molecule has 100 valence electrons. The first-order valence-corrected chi connectivity index (χ1v) is 7.29. The van der Waals surface area contributed by atoms with Crippen molar-refractivity contribution in [1.29, 1.82) is 0 Å². The van der Waals surface area contributed by atoms with Crippen molar-refractivity contribution >= 4 is 0 Å². The number of nitrogens with one attached hydrogen (secondary N) is 1. The van der Waals surface area contributed by atoms with Gasteiger partial charge in [-0.3, -0.25) is 0 Å². The molecule has 2 N–H and O–H groups in total. The zero-order valence-corrected chi connectivity index (χ0v) is 11.4. The molecule has 0 spiro atoms. The van der Waals surface area contributed by atoms with E-state index in [2.05, 4.69) is 24.1 Å². The minimum atomic E-state index is 0.307. The molecule has 3 nitrogen and oxygen atoms in total. The van der Waals surface area contributed by atoms with E-state index in [-0.39, 0.29) is 0 Å². The first kappa shape index (κ1) is 13.3. The third-order valence-electron chi connectivity index (χ3n) is 4.73. The molecule has 2 aliphatic rings. The average Bonchev–Trinajstić information content (AvgIpc) is 2.39. The molecule has 0 aromatic carbocycles. The SMILES string of the molecule is CC(C)N1CCC(C2CCNC(CO)C2)CC1. The van der Waals surface area contributed by atoms with Crippen molar-refractivity contribution in [1.82, 2.24) is 10.2 Å². The van der Waals surface area contributed by atoms with Crippen LogP contribution in [0.2, 0.25) is 0 Å². The van der Waals surface area contributed by atoms with Crippen molar-refractivity contribution in [2.24, 2.45) is 11.8 Å². The molecule has 2 rings (SSSR count). The molecule has 0 aromatic heterocycles. The lowest BCUT2D eigenvalue weighted by Crippen LogP contribution is -2.45. The highest BCUT2D eigenvalue weighted by Crippen LogP contribution is 2.32. The predicted octanol–water partition coefficient (Wildman–Crippen LogP) is 1.47. The molecule has 0 aromatic rings. The number of rotatable bonds is 3. The number of aliphatic hydroxyl groups excluding tert-OH is 1. The van der Waals surface area contributed by atoms with E-state index in [1.54, 1.807) is 0 Å². The van der Waals surface area contributed by atoms with Crippen LogP contribution >= 0.6 is 0 Å². The highest BCUT2D eigenvalue weighted by atomic mass is 16.3. The van der Waals surface area contributed by atoms with Crippen molar-refractivity contribution < 1.29 is 5.11 Å². The average molecular weight is 240 g/mol. The van der Waals surface area contributed by atoms with E-state index in [9.17, 15) is 5.11 Å². The van der Waals surface area contributed by atoms with Crippen LogP contribution in [0.25, 0.3) is 0 Å². The van der Waals surface area contributed by atoms with Gasteiger partial charge in [0.25, 0.3) is 0 Å². The molecular weight excluding hydrogens is 212 g/mol. The molecule has 2 fully saturated rings. The van der Waals surface area contributed by atoms with Crippen LogP contribution in [0, 0.1) is 11.8 Å². The summed E-state index contributed by atoms with van der Waals surface area (Å²) in [7, 11) is 0. The van der Waals surface area contributed by atoms with Gasteiger partial charge in [0, 0.05) is 12.1 Å². The maximum absolute atomic E-state index is 9.25. The molecule has 2 unspecified atom stereocenters. The monoisotopic (exact) mass is 240 g/mol. The number of piperidine rings is 2. The first-order chi connectivity index (χ1) is 8.20. The number of aliphatic hydroxyl groups is 1. The van der Waals surface area contributed by atoms with E-state index in [4.69, 9.17) is 0 Å². The number of likely N-dealkylation sites (tertiary alicyclic amines) is 1. The largest absolute Gasteiger partial charge is 0.395 e. The molecule has 0 saturated carbocycles. The van der Waals surface area contributed by atoms with Crippen molar-refractivity contribution in [3.05, 3.63) is 0 Å². The molecule has 2 heterocycles. The van der Waals surface area contributed by atoms with E-state index >= 15 is 0 Å². The molecular formula is C14H28N2O. The third kappa shape index (κ3) is 3.43. The summed E-state index contributed by atoms with van der Waals surface area (Å²) in [6.45, 7) is 8.55. The van der Waals surface area contributed by atoms with Gasteiger partial charge < -0.3 is 15.3 Å². The van der Waals surface area contributed by atoms with Crippen LogP contribution < -0.4 is 5.32 Å². The molecule has 2 saturated heterocycles. The Morgan fingerprint density at radius 1 is 1.18 bits per heavy atom. The smallest absolute Gasteiger partial charge is 0.0584 e. The Morgan fingerprint density at radius 3 is 2.47 bits per heavy atom. The molecule has 0 radical (unpaired) electrons. The second-order valence-corrected chi connectivity index (χ2v) is 6.09. The molecule has 0 bridgehead atoms. The van der Waals surface area contributed by atoms with Crippen LogP contribution in [0.1, 0.15) is 39.5 Å². The van der Waals surface area contributed by atoms with Crippen LogP contribution in [0.3, 0.4) is 0 Å². The van der Waals surface area contributed by atoms with Crippen molar-refractivity contribution in [2.75, 3.05) is 26.2 Å². The van der Waals surface area contributed by atoms with Crippen molar-refractivity contribution in [3.63, 3.8) is 0 Å². The van der Waals surface area contributed by atoms with E-state index in [1.165, 1.54) is 38.8 Å². The number of nitrogens with zero attached hydrogens (tertiary/aromatic N) is 1. The van der Waals surface area contributed by atoms with Crippen LogP contribution in [0.15, 0.2) is 0 Å². The van der Waals surface area contributed by atoms with Crippen LogP contribution in [-0.2, 0) is 0 Å². The number of hydrogen-bond donors (Lipinski definition) is 2. The molecule has 0 aliphatic carbocycles. The minimum absolute atomic E-state index is 0.307. The van der Waals surface area contributed by atoms with Gasteiger partial charge in [-0.25, -0.2) is 0 Å². The Kier molecular flexibility index (Phi) is 4.83. The summed E-state index contributed by atoms with van der Waals surface area (Å²) in [6, 6.07) is 1.06. The maximum Gasteiger partial charge on any atom is 0.0584 e. The summed E-state index contributed by atoms with van der Waals surface area (Å²) in [5, 5.41) is 12.7. The fraction of sp³-hybridized carbons (Fsp3) is 1.00. The lowest BCUT2D eigenvalue weighted by Gasteiger charge is -2.40. The lowest BCUT2D eigenvalue weighted by atomic mass is 9.77. The summed E-state index contributed by atoms with van der Waals surface area (Å²) in [5.74, 6) is 1.75. The Morgan fingerprint density at radius 2 is 1.88 bits per heavy atom. The summed E-state index contributed by atoms with van der Waals surface area (Å²) >= 11 is 0. The van der Waals surface area contributed by atoms with Gasteiger partial charge in [0.15, 0.2) is 0 Å². The Bertz CT molecular complexity index is 224. The zero-order valence-electron chi connectivity index (χ0n) is 11.4. The zero-order chi connectivity index (χ0) is 12.3. The molecule has 2 aliphatic heterocycles. The van der Waals surface area contributed by atoms with E-state index in [0.29, 0.717) is 18.7 Å². The fourth-order valence-electron chi connectivity index (χ4n) is 3.51. The third-order valence-corrected chi connectivity index (χ3v) is 4.73. The Labute approximate surface area is 106 Å². The van der Waals surface area contributed by atoms with E-state index in [1.807, 2.05) is 0 Å². The van der Waals surface area contributed by atoms with Crippen molar-refractivity contribution in [3.8, 4) is 0 Å². The van der Waals surface area contributed by atoms with Crippen molar-refractivity contribution in [2.45, 2.75) is 51.6 Å². The van der Waals surface area contributed by atoms with Crippen LogP contribution in [0.4, 0.5) is 0 Å². The van der Waals surface area contributed by atoms with E-state index < -0.39 is 0 Å². The van der Waals surface area contributed by atoms with Gasteiger partial charge in [-0.05, 0) is 71.0 Å². The van der Waals surface area contributed by atoms with Gasteiger partial charge in [0.2, 0.25) is 0 Å². The topological polar surface area (TPSA) is 35.5 Å². The Hall–Kier alpha value is -0.120. The van der Waals surface area contributed by atoms with Gasteiger partial charge >= 0.3 is 0 Å². The normalized spacial score (nSPS) is 33.2. The van der Waals surface area contributed by atoms with E-state index in [0.717, 1.165) is 18.4 Å². The summed E-state index contributed by atoms with van der Waals surface area (Å²) < 4.78 is 0. The highest BCUT2D eigenvalue weighted by molar-refractivity contribution is 4.85. The minimum Gasteiger partial charge on any atom is -0.395 e. The van der Waals surface area contributed by atoms with Crippen LogP contribution in [-0.4, -0.2) is 48.3 Å². The quantitative estimate of drug-likeness (QED) is 0.784. The van der Waals surface area contributed by atoms with Gasteiger partial charge in [-0.2, -0.15) is 0 Å². The second kappa shape index (κ2) is 6.17. The summed E-state index contributed by atoms with van der Waals surface area (Å²) in [5.41, 5.74) is 0. The van der Waals surface area contributed by atoms with Gasteiger partial charge in [0.05, 0.1) is 6.61 Å². The second-order valence-electron chi connectivity index (χ2n) is 6.09. The van der Waals surface area contributed by atoms with Gasteiger partial charge in [0.1, 0.15) is 0 Å². The molecule has 3 heteroatoms. The first-order valence-electron chi connectivity index (χ1n) is 7.29. The van der Waals surface area contributed by atoms with Gasteiger partial charge in [-0.15, -0.1) is 0 Å². The lowest BCUT2D eigenvalue weighted by molar-refractivity contribution is 0.0915. The highest BCUT2D eigenvalue weighted by Gasteiger charge is 2.30. The summed E-state index contributed by atoms with van der Waals surface area (Å²) in [6.07, 6.45) is 5.22. The predicted molar refractivity (Wildman–Crippen MR) is 71.0 cm³/mol. The maximum atomic E-state index is 9.25. The molecule has 2 atom stereocenters. The summed E-state index contributed by atoms with van der Waals surface area (Å²) in [4.78, 5) is 2.60. The standard InChI is InChI=1S/C14H28N2O/c1-11(2)16-7-4-12(5-8-16)13-3-6-15-14(9-13)10-17/h11-15,17H,3-10H2,1-2H3. The van der Waals surface area contributed by atoms with Crippen LogP contribution in [0.5, 0.6) is 0 Å². The Balaban J connectivity index is 1.80.